The molecule has 0 saturated carbocycles. The van der Waals surface area contributed by atoms with Crippen LogP contribution in [0.3, 0.4) is 0 Å². The fourth-order valence-electron chi connectivity index (χ4n) is 2.51. The number of nitrogens with zero attached hydrogens (tertiary/aromatic N) is 1. The Labute approximate surface area is 115 Å². The van der Waals surface area contributed by atoms with Gasteiger partial charge < -0.3 is 10.2 Å². The van der Waals surface area contributed by atoms with Crippen molar-refractivity contribution in [1.82, 2.24) is 5.32 Å². The van der Waals surface area contributed by atoms with Gasteiger partial charge in [0.1, 0.15) is 0 Å². The number of rotatable bonds is 4. The smallest absolute Gasteiger partial charge is 0.153 e. The summed E-state index contributed by atoms with van der Waals surface area (Å²) in [6.45, 7) is 3.54. The minimum Gasteiger partial charge on any atom is -0.374 e. The highest BCUT2D eigenvalue weighted by molar-refractivity contribution is 7.91. The molecule has 1 aromatic rings. The summed E-state index contributed by atoms with van der Waals surface area (Å²) in [4.78, 5) is 2.19. The Morgan fingerprint density at radius 3 is 2.79 bits per heavy atom. The molecule has 0 aromatic heterocycles. The van der Waals surface area contributed by atoms with Gasteiger partial charge in [0.2, 0.25) is 0 Å². The predicted octanol–water partition coefficient (Wildman–Crippen LogP) is 1.21. The van der Waals surface area contributed by atoms with Gasteiger partial charge in [-0.05, 0) is 25.0 Å². The summed E-state index contributed by atoms with van der Waals surface area (Å²) in [6, 6.07) is 8.34. The maximum Gasteiger partial charge on any atom is 0.153 e. The van der Waals surface area contributed by atoms with Crippen LogP contribution >= 0.6 is 0 Å². The molecule has 1 N–H and O–H groups in total. The standard InChI is InChI=1S/C14H22N2O2S/c1-12-5-3-4-6-14(12)16(2)9-7-13-11-19(17,18)10-8-15-13/h3-6,13,15H,7-11H2,1-2H3. The van der Waals surface area contributed by atoms with Crippen LogP contribution in [0.5, 0.6) is 0 Å². The van der Waals surface area contributed by atoms with E-state index in [-0.39, 0.29) is 17.5 Å². The number of nitrogens with one attached hydrogen (secondary N) is 1. The molecule has 1 aliphatic heterocycles. The zero-order valence-corrected chi connectivity index (χ0v) is 12.4. The van der Waals surface area contributed by atoms with Crippen molar-refractivity contribution in [3.63, 3.8) is 0 Å². The molecular weight excluding hydrogens is 260 g/mol. The number of benzene rings is 1. The average molecular weight is 282 g/mol. The Hall–Kier alpha value is -1.07. The van der Waals surface area contributed by atoms with Crippen LogP contribution in [0.15, 0.2) is 24.3 Å². The summed E-state index contributed by atoms with van der Waals surface area (Å²) in [5, 5.41) is 3.29. The normalized spacial score (nSPS) is 22.1. The van der Waals surface area contributed by atoms with Gasteiger partial charge in [0.15, 0.2) is 9.84 Å². The van der Waals surface area contributed by atoms with E-state index in [1.807, 2.05) is 12.1 Å². The molecule has 0 aliphatic carbocycles. The number of anilines is 1. The summed E-state index contributed by atoms with van der Waals surface area (Å²) < 4.78 is 23.2. The van der Waals surface area contributed by atoms with Gasteiger partial charge in [-0.3, -0.25) is 0 Å². The Bertz CT molecular complexity index is 528. The quantitative estimate of drug-likeness (QED) is 0.902. The van der Waals surface area contributed by atoms with Crippen molar-refractivity contribution in [2.45, 2.75) is 19.4 Å². The van der Waals surface area contributed by atoms with Gasteiger partial charge in [0.05, 0.1) is 11.5 Å². The van der Waals surface area contributed by atoms with Crippen molar-refractivity contribution in [3.8, 4) is 0 Å². The Morgan fingerprint density at radius 2 is 2.11 bits per heavy atom. The first-order chi connectivity index (χ1) is 8.98. The molecule has 0 bridgehead atoms. The van der Waals surface area contributed by atoms with Crippen LogP contribution in [0.1, 0.15) is 12.0 Å². The fourth-order valence-corrected chi connectivity index (χ4v) is 4.01. The van der Waals surface area contributed by atoms with Gasteiger partial charge in [0.25, 0.3) is 0 Å². The van der Waals surface area contributed by atoms with Crippen LogP contribution in [-0.4, -0.2) is 46.1 Å². The highest BCUT2D eigenvalue weighted by atomic mass is 32.2. The molecule has 1 atom stereocenters. The van der Waals surface area contributed by atoms with E-state index in [9.17, 15) is 8.42 Å². The lowest BCUT2D eigenvalue weighted by Gasteiger charge is -2.27. The van der Waals surface area contributed by atoms with Crippen LogP contribution in [0.25, 0.3) is 0 Å². The highest BCUT2D eigenvalue weighted by Crippen LogP contribution is 2.18. The van der Waals surface area contributed by atoms with Gasteiger partial charge in [-0.15, -0.1) is 0 Å². The minimum absolute atomic E-state index is 0.0882. The lowest BCUT2D eigenvalue weighted by Crippen LogP contribution is -2.46. The maximum atomic E-state index is 11.6. The number of aryl methyl sites for hydroxylation is 1. The second kappa shape index (κ2) is 5.92. The van der Waals surface area contributed by atoms with Crippen molar-refractivity contribution in [1.29, 1.82) is 0 Å². The number of sulfone groups is 1. The number of para-hydroxylation sites is 1. The third-order valence-corrected chi connectivity index (χ3v) is 5.38. The third kappa shape index (κ3) is 3.94. The topological polar surface area (TPSA) is 49.4 Å². The van der Waals surface area contributed by atoms with E-state index in [2.05, 4.69) is 36.3 Å². The zero-order valence-electron chi connectivity index (χ0n) is 11.6. The summed E-state index contributed by atoms with van der Waals surface area (Å²) in [7, 11) is -0.778. The summed E-state index contributed by atoms with van der Waals surface area (Å²) in [6.07, 6.45) is 0.851. The molecule has 19 heavy (non-hydrogen) atoms. The Kier molecular flexibility index (Phi) is 4.47. The van der Waals surface area contributed by atoms with E-state index >= 15 is 0 Å². The van der Waals surface area contributed by atoms with Gasteiger partial charge >= 0.3 is 0 Å². The van der Waals surface area contributed by atoms with Crippen molar-refractivity contribution in [2.24, 2.45) is 0 Å². The molecule has 0 radical (unpaired) electrons. The molecule has 1 fully saturated rings. The van der Waals surface area contributed by atoms with Crippen molar-refractivity contribution in [2.75, 3.05) is 36.5 Å². The van der Waals surface area contributed by atoms with E-state index in [1.165, 1.54) is 11.3 Å². The molecule has 106 valence electrons. The Balaban J connectivity index is 1.90. The van der Waals surface area contributed by atoms with Crippen LogP contribution in [-0.2, 0) is 9.84 Å². The van der Waals surface area contributed by atoms with Crippen LogP contribution in [0, 0.1) is 6.92 Å². The molecule has 4 nitrogen and oxygen atoms in total. The van der Waals surface area contributed by atoms with Gasteiger partial charge in [-0.25, -0.2) is 8.42 Å². The van der Waals surface area contributed by atoms with E-state index in [1.54, 1.807) is 0 Å². The van der Waals surface area contributed by atoms with Gasteiger partial charge in [-0.1, -0.05) is 18.2 Å². The molecule has 0 spiro atoms. The van der Waals surface area contributed by atoms with Crippen LogP contribution in [0.2, 0.25) is 0 Å². The molecule has 1 aromatic carbocycles. The van der Waals surface area contributed by atoms with Crippen LogP contribution < -0.4 is 10.2 Å². The minimum atomic E-state index is -2.83. The first kappa shape index (κ1) is 14.3. The third-order valence-electron chi connectivity index (χ3n) is 3.64. The Morgan fingerprint density at radius 1 is 1.37 bits per heavy atom. The largest absolute Gasteiger partial charge is 0.374 e. The SMILES string of the molecule is Cc1ccccc1N(C)CCC1CS(=O)(=O)CCN1. The van der Waals surface area contributed by atoms with E-state index in [0.717, 1.165) is 13.0 Å². The van der Waals surface area contributed by atoms with Gasteiger partial charge in [-0.2, -0.15) is 0 Å². The summed E-state index contributed by atoms with van der Waals surface area (Å²) in [5.41, 5.74) is 2.45. The zero-order chi connectivity index (χ0) is 13.9. The summed E-state index contributed by atoms with van der Waals surface area (Å²) in [5.74, 6) is 0.547. The lowest BCUT2D eigenvalue weighted by molar-refractivity contribution is 0.495. The number of hydrogen-bond acceptors (Lipinski definition) is 4. The number of hydrogen-bond donors (Lipinski definition) is 1. The lowest BCUT2D eigenvalue weighted by atomic mass is 10.1. The summed E-state index contributed by atoms with van der Waals surface area (Å²) >= 11 is 0. The second-order valence-corrected chi connectivity index (χ2v) is 7.49. The first-order valence-electron chi connectivity index (χ1n) is 6.68. The molecule has 1 aliphatic rings. The monoisotopic (exact) mass is 282 g/mol. The van der Waals surface area contributed by atoms with E-state index in [4.69, 9.17) is 0 Å². The first-order valence-corrected chi connectivity index (χ1v) is 8.51. The molecule has 5 heteroatoms. The highest BCUT2D eigenvalue weighted by Gasteiger charge is 2.24. The van der Waals surface area contributed by atoms with Crippen molar-refractivity contribution < 1.29 is 8.42 Å². The second-order valence-electron chi connectivity index (χ2n) is 5.26. The molecule has 0 amide bonds. The predicted molar refractivity (Wildman–Crippen MR) is 79.5 cm³/mol. The fraction of sp³-hybridized carbons (Fsp3) is 0.571. The maximum absolute atomic E-state index is 11.6. The van der Waals surface area contributed by atoms with Crippen LogP contribution in [0.4, 0.5) is 5.69 Å². The van der Waals surface area contributed by atoms with E-state index in [0.29, 0.717) is 6.54 Å². The molecule has 2 rings (SSSR count). The molecule has 1 unspecified atom stereocenters. The van der Waals surface area contributed by atoms with E-state index < -0.39 is 9.84 Å². The van der Waals surface area contributed by atoms with Gasteiger partial charge in [0, 0.05) is 31.9 Å². The average Bonchev–Trinajstić information content (AvgIpc) is 2.35. The van der Waals surface area contributed by atoms with Crippen molar-refractivity contribution in [3.05, 3.63) is 29.8 Å². The molecule has 1 heterocycles. The molecular formula is C14H22N2O2S. The molecule has 1 saturated heterocycles. The van der Waals surface area contributed by atoms with Crippen molar-refractivity contribution >= 4 is 15.5 Å².